The van der Waals surface area contributed by atoms with Gasteiger partial charge in [-0.15, -0.1) is 0 Å². The van der Waals surface area contributed by atoms with E-state index in [-0.39, 0.29) is 23.9 Å². The highest BCUT2D eigenvalue weighted by molar-refractivity contribution is 5.81. The van der Waals surface area contributed by atoms with Crippen molar-refractivity contribution in [1.29, 1.82) is 0 Å². The number of rotatable bonds is 10. The molecule has 388 valence electrons. The van der Waals surface area contributed by atoms with Crippen LogP contribution in [0.1, 0.15) is 123 Å². The van der Waals surface area contributed by atoms with Crippen molar-refractivity contribution in [3.63, 3.8) is 0 Å². The number of nitrogens with zero attached hydrogens (tertiary/aromatic N) is 11. The molecule has 12 heterocycles. The molecule has 4 bridgehead atoms. The SMILES string of the molecule is Nc1c(C2CC2)c(C2C[C@H]3CC[C@@H](C2)N3)nc2c(-c3ccc(-c4ncc(F)[nH]4)nc3)cnn12.Nc1c(C2CC2)c(C2C[C@H]3CC[C@@H](C2)N3C(=O)CO)nc2c(-c3ccc(-c4ncc(F)[nH]4)nc3)cnn12.O=C(O)CO. The number of hydrogen-bond acceptors (Lipinski definition) is 15. The number of aliphatic hydroxyl groups is 2. The van der Waals surface area contributed by atoms with Gasteiger partial charge < -0.3 is 47.0 Å². The first-order chi connectivity index (χ1) is 36.4. The first-order valence-electron chi connectivity index (χ1n) is 25.6. The number of halogens is 2. The molecule has 2 saturated carbocycles. The zero-order valence-corrected chi connectivity index (χ0v) is 40.8. The van der Waals surface area contributed by atoms with E-state index in [1.54, 1.807) is 33.7 Å². The van der Waals surface area contributed by atoms with E-state index in [2.05, 4.69) is 45.4 Å². The zero-order chi connectivity index (χ0) is 51.6. The van der Waals surface area contributed by atoms with Crippen molar-refractivity contribution in [1.82, 2.24) is 69.3 Å². The molecule has 8 aromatic rings. The van der Waals surface area contributed by atoms with Crippen LogP contribution in [0.3, 0.4) is 0 Å². The Balaban J connectivity index is 0.000000140. The lowest BCUT2D eigenvalue weighted by Gasteiger charge is -2.39. The van der Waals surface area contributed by atoms with Gasteiger partial charge in [-0.1, -0.05) is 12.1 Å². The van der Waals surface area contributed by atoms with Gasteiger partial charge in [-0.25, -0.2) is 24.7 Å². The largest absolute Gasteiger partial charge is 0.480 e. The van der Waals surface area contributed by atoms with Gasteiger partial charge in [-0.05, 0) is 101 Å². The second kappa shape index (κ2) is 19.5. The lowest BCUT2D eigenvalue weighted by Crippen LogP contribution is -2.47. The van der Waals surface area contributed by atoms with Crippen LogP contribution in [0.15, 0.2) is 61.4 Å². The average molecular weight is 1020 g/mol. The number of pyridine rings is 2. The van der Waals surface area contributed by atoms with Crippen LogP contribution in [0.2, 0.25) is 0 Å². The molecule has 2 unspecified atom stereocenters. The lowest BCUT2D eigenvalue weighted by molar-refractivity contribution is -0.140. The zero-order valence-electron chi connectivity index (χ0n) is 40.8. The first-order valence-corrected chi connectivity index (χ1v) is 25.6. The molecular weight excluding hydrogens is 967 g/mol. The van der Waals surface area contributed by atoms with Crippen molar-refractivity contribution in [3.8, 4) is 45.3 Å². The molecule has 4 saturated heterocycles. The number of anilines is 2. The molecule has 14 rings (SSSR count). The number of hydrogen-bond donors (Lipinski definition) is 8. The number of carboxylic acid groups (broad SMARTS) is 1. The van der Waals surface area contributed by atoms with Gasteiger partial charge in [0.05, 0.1) is 36.2 Å². The molecule has 75 heavy (non-hydrogen) atoms. The third-order valence-corrected chi connectivity index (χ3v) is 15.7. The molecule has 6 fully saturated rings. The number of aromatic nitrogens is 12. The summed E-state index contributed by atoms with van der Waals surface area (Å²) >= 11 is 0. The van der Waals surface area contributed by atoms with E-state index in [9.17, 15) is 18.7 Å². The van der Waals surface area contributed by atoms with Gasteiger partial charge in [0, 0.05) is 81.8 Å². The summed E-state index contributed by atoms with van der Waals surface area (Å²) < 4.78 is 30.1. The molecule has 1 amide bonds. The van der Waals surface area contributed by atoms with Crippen LogP contribution in [0.25, 0.3) is 56.6 Å². The first kappa shape index (κ1) is 48.2. The fourth-order valence-corrected chi connectivity index (χ4v) is 12.1. The Bertz CT molecular complexity index is 3410. The highest BCUT2D eigenvalue weighted by atomic mass is 19.1. The number of carbonyl (C=O) groups is 2. The summed E-state index contributed by atoms with van der Waals surface area (Å²) in [5.41, 5.74) is 24.0. The van der Waals surface area contributed by atoms with Crippen LogP contribution < -0.4 is 16.8 Å². The summed E-state index contributed by atoms with van der Waals surface area (Å²) in [4.78, 5) is 55.9. The summed E-state index contributed by atoms with van der Waals surface area (Å²) in [5.74, 6) is 1.29. The highest BCUT2D eigenvalue weighted by Gasteiger charge is 2.46. The third kappa shape index (κ3) is 9.21. The molecular formula is C52H56F2N16O5. The molecule has 4 aliphatic heterocycles. The van der Waals surface area contributed by atoms with Gasteiger partial charge in [0.15, 0.2) is 22.9 Å². The summed E-state index contributed by atoms with van der Waals surface area (Å²) in [6.45, 7) is -1.22. The summed E-state index contributed by atoms with van der Waals surface area (Å²) in [5, 5.41) is 37.4. The Hall–Kier alpha value is -7.76. The summed E-state index contributed by atoms with van der Waals surface area (Å²) in [7, 11) is 0. The van der Waals surface area contributed by atoms with Crippen LogP contribution in [0, 0.1) is 11.9 Å². The molecule has 10 N–H and O–H groups in total. The Morgan fingerprint density at radius 2 is 1.04 bits per heavy atom. The maximum Gasteiger partial charge on any atom is 0.329 e. The van der Waals surface area contributed by atoms with E-state index in [1.165, 1.54) is 36.9 Å². The number of fused-ring (bicyclic) bond motifs is 6. The molecule has 2 aliphatic carbocycles. The monoisotopic (exact) mass is 1020 g/mol. The van der Waals surface area contributed by atoms with Gasteiger partial charge >= 0.3 is 5.97 Å². The second-order valence-electron chi connectivity index (χ2n) is 20.6. The number of H-pyrrole nitrogens is 2. The Morgan fingerprint density at radius 3 is 1.41 bits per heavy atom. The number of nitrogens with two attached hydrogens (primary N) is 2. The number of piperidine rings is 2. The number of aliphatic carboxylic acids is 1. The number of carbonyl (C=O) groups excluding carboxylic acids is 1. The molecule has 21 nitrogen and oxygen atoms in total. The number of carboxylic acids is 1. The fraction of sp³-hybridized carbons (Fsp3) is 0.423. The molecule has 8 aromatic heterocycles. The normalized spacial score (nSPS) is 22.7. The number of nitrogen functional groups attached to an aromatic ring is 2. The van der Waals surface area contributed by atoms with Crippen molar-refractivity contribution in [2.75, 3.05) is 24.7 Å². The number of amides is 1. The average Bonchev–Trinajstić information content (AvgIpc) is 4.11. The third-order valence-electron chi connectivity index (χ3n) is 15.7. The molecule has 6 aliphatic rings. The van der Waals surface area contributed by atoms with E-state index in [0.29, 0.717) is 64.3 Å². The van der Waals surface area contributed by atoms with Crippen LogP contribution in [0.4, 0.5) is 20.4 Å². The quantitative estimate of drug-likeness (QED) is 0.0797. The van der Waals surface area contributed by atoms with E-state index in [1.807, 2.05) is 29.3 Å². The number of imidazole rings is 2. The summed E-state index contributed by atoms with van der Waals surface area (Å²) in [6, 6.07) is 8.88. The van der Waals surface area contributed by atoms with E-state index < -0.39 is 31.1 Å². The molecule has 0 aromatic carbocycles. The van der Waals surface area contributed by atoms with Crippen molar-refractivity contribution in [2.24, 2.45) is 0 Å². The minimum Gasteiger partial charge on any atom is -0.480 e. The van der Waals surface area contributed by atoms with Crippen LogP contribution in [0.5, 0.6) is 0 Å². The van der Waals surface area contributed by atoms with Crippen LogP contribution in [-0.4, -0.2) is 129 Å². The number of aromatic amines is 2. The van der Waals surface area contributed by atoms with Gasteiger partial charge in [0.25, 0.3) is 0 Å². The van der Waals surface area contributed by atoms with E-state index in [4.69, 9.17) is 36.4 Å². The smallest absolute Gasteiger partial charge is 0.329 e. The predicted octanol–water partition coefficient (Wildman–Crippen LogP) is 5.85. The van der Waals surface area contributed by atoms with Gasteiger partial charge in [-0.2, -0.15) is 28.0 Å². The Labute approximate surface area is 427 Å². The maximum atomic E-state index is 13.3. The molecule has 6 atom stereocenters. The maximum absolute atomic E-state index is 13.3. The van der Waals surface area contributed by atoms with Crippen LogP contribution in [-0.2, 0) is 9.59 Å². The van der Waals surface area contributed by atoms with E-state index in [0.717, 1.165) is 109 Å². The predicted molar refractivity (Wildman–Crippen MR) is 270 cm³/mol. The highest BCUT2D eigenvalue weighted by Crippen LogP contribution is 2.51. The molecule has 23 heteroatoms. The topological polar surface area (TPSA) is 306 Å². The van der Waals surface area contributed by atoms with Crippen molar-refractivity contribution >= 4 is 34.8 Å². The van der Waals surface area contributed by atoms with Crippen LogP contribution >= 0.6 is 0 Å². The lowest BCUT2D eigenvalue weighted by atomic mass is 9.85. The Kier molecular flexibility index (Phi) is 12.5. The van der Waals surface area contributed by atoms with Crippen molar-refractivity contribution in [2.45, 2.75) is 125 Å². The second-order valence-corrected chi connectivity index (χ2v) is 20.6. The minimum absolute atomic E-state index is 0.127. The van der Waals surface area contributed by atoms with Crippen molar-refractivity contribution < 1.29 is 33.7 Å². The van der Waals surface area contributed by atoms with Crippen molar-refractivity contribution in [3.05, 3.63) is 95.9 Å². The fourth-order valence-electron chi connectivity index (χ4n) is 12.1. The van der Waals surface area contributed by atoms with Gasteiger partial charge in [0.2, 0.25) is 17.8 Å². The number of nitrogens with one attached hydrogen (secondary N) is 3. The molecule has 0 radical (unpaired) electrons. The standard InChI is InChI=1S/C26H27FN8O2.C24H25FN8.C2H4O3/c27-20-11-30-25(32-20)19-6-3-14(9-29-19)18-10-31-35-24(28)22(13-1-2-13)23(33-26(18)35)15-7-16-4-5-17(8-15)34(16)21(37)12-36;25-19-11-28-23(31-19)18-6-3-13(9-27-18)17-10-29-33-22(26)20(12-1-2-12)21(32-24(17)33)14-7-15-4-5-16(8-14)30-15;3-1-2(4)5/h3,6,9-11,13,15-17,36H,1-2,4-5,7-8,12,28H2,(H,30,32);3,6,9-12,14-16,30H,1-2,4-5,7-8,26H2,(H,28,31);3H,1H2,(H,4,5)/t15?,16-,17+;14?,15-,16+;. The van der Waals surface area contributed by atoms with E-state index >= 15 is 0 Å². The van der Waals surface area contributed by atoms with Gasteiger partial charge in [-0.3, -0.25) is 14.8 Å². The minimum atomic E-state index is -1.19. The molecule has 0 spiro atoms. The Morgan fingerprint density at radius 1 is 0.587 bits per heavy atom. The summed E-state index contributed by atoms with van der Waals surface area (Å²) in [6.07, 6.45) is 22.2. The number of aliphatic hydroxyl groups excluding tert-OH is 2. The van der Waals surface area contributed by atoms with Gasteiger partial charge in [0.1, 0.15) is 36.2 Å².